The van der Waals surface area contributed by atoms with Crippen molar-refractivity contribution in [1.29, 1.82) is 0 Å². The standard InChI is InChI=1S/C15H21NO2S/c17-14(8-7-12-4-1-2-5-12)16-9-11-19-15(16)13-6-3-10-18-13/h3,6,10,12,15H,1-2,4-5,7-9,11H2/t15-/m0/s1. The SMILES string of the molecule is O=C(CCC1CCCC1)N1CCS[C@H]1c1ccco1. The van der Waals surface area contributed by atoms with Gasteiger partial charge in [0.1, 0.15) is 11.1 Å². The smallest absolute Gasteiger partial charge is 0.223 e. The first-order valence-electron chi connectivity index (χ1n) is 7.29. The largest absolute Gasteiger partial charge is 0.466 e. The van der Waals surface area contributed by atoms with E-state index >= 15 is 0 Å². The number of thioether (sulfide) groups is 1. The lowest BCUT2D eigenvalue weighted by Crippen LogP contribution is -2.30. The second-order valence-corrected chi connectivity index (χ2v) is 6.70. The van der Waals surface area contributed by atoms with Crippen LogP contribution in [0.25, 0.3) is 0 Å². The molecule has 2 heterocycles. The zero-order valence-corrected chi connectivity index (χ0v) is 12.0. The Kier molecular flexibility index (Phi) is 4.16. The highest BCUT2D eigenvalue weighted by Crippen LogP contribution is 2.39. The van der Waals surface area contributed by atoms with Crippen LogP contribution >= 0.6 is 11.8 Å². The van der Waals surface area contributed by atoms with Crippen LogP contribution in [-0.4, -0.2) is 23.1 Å². The molecule has 4 heteroatoms. The van der Waals surface area contributed by atoms with Crippen molar-refractivity contribution >= 4 is 17.7 Å². The van der Waals surface area contributed by atoms with E-state index in [1.807, 2.05) is 17.0 Å². The fraction of sp³-hybridized carbons (Fsp3) is 0.667. The van der Waals surface area contributed by atoms with Crippen molar-refractivity contribution in [3.05, 3.63) is 24.2 Å². The number of amides is 1. The van der Waals surface area contributed by atoms with E-state index in [0.29, 0.717) is 12.3 Å². The highest BCUT2D eigenvalue weighted by Gasteiger charge is 2.32. The molecule has 1 atom stereocenters. The Morgan fingerprint density at radius 3 is 3.00 bits per heavy atom. The monoisotopic (exact) mass is 279 g/mol. The van der Waals surface area contributed by atoms with Gasteiger partial charge in [0.15, 0.2) is 0 Å². The van der Waals surface area contributed by atoms with E-state index in [9.17, 15) is 4.79 Å². The van der Waals surface area contributed by atoms with Crippen LogP contribution in [0.4, 0.5) is 0 Å². The van der Waals surface area contributed by atoms with Gasteiger partial charge in [-0.1, -0.05) is 25.7 Å². The molecule has 1 saturated carbocycles. The van der Waals surface area contributed by atoms with Gasteiger partial charge in [-0.2, -0.15) is 0 Å². The maximum atomic E-state index is 12.4. The Balaban J connectivity index is 1.56. The molecule has 1 amide bonds. The molecule has 2 aliphatic rings. The van der Waals surface area contributed by atoms with Crippen LogP contribution in [0, 0.1) is 5.92 Å². The van der Waals surface area contributed by atoms with E-state index in [4.69, 9.17) is 4.42 Å². The molecule has 1 aromatic heterocycles. The summed E-state index contributed by atoms with van der Waals surface area (Å²) in [6, 6.07) is 3.87. The molecule has 2 fully saturated rings. The maximum Gasteiger partial charge on any atom is 0.223 e. The number of carbonyl (C=O) groups excluding carboxylic acids is 1. The molecule has 19 heavy (non-hydrogen) atoms. The third-order valence-electron chi connectivity index (χ3n) is 4.24. The van der Waals surface area contributed by atoms with Crippen LogP contribution in [0.2, 0.25) is 0 Å². The maximum absolute atomic E-state index is 12.4. The molecule has 0 spiro atoms. The highest BCUT2D eigenvalue weighted by molar-refractivity contribution is 7.99. The topological polar surface area (TPSA) is 33.5 Å². The lowest BCUT2D eigenvalue weighted by atomic mass is 10.0. The molecular weight excluding hydrogens is 258 g/mol. The van der Waals surface area contributed by atoms with Gasteiger partial charge >= 0.3 is 0 Å². The normalized spacial score (nSPS) is 24.2. The summed E-state index contributed by atoms with van der Waals surface area (Å²) in [5, 5.41) is 0.103. The second kappa shape index (κ2) is 6.04. The van der Waals surface area contributed by atoms with Crippen LogP contribution in [-0.2, 0) is 4.79 Å². The molecule has 104 valence electrons. The summed E-state index contributed by atoms with van der Waals surface area (Å²) in [7, 11) is 0. The Morgan fingerprint density at radius 1 is 1.42 bits per heavy atom. The average Bonchev–Trinajstić information content (AvgIpc) is 3.14. The number of hydrogen-bond donors (Lipinski definition) is 0. The Bertz CT molecular complexity index is 412. The molecule has 3 rings (SSSR count). The minimum Gasteiger partial charge on any atom is -0.466 e. The number of nitrogens with zero attached hydrogens (tertiary/aromatic N) is 1. The van der Waals surface area contributed by atoms with Gasteiger partial charge in [-0.15, -0.1) is 11.8 Å². The van der Waals surface area contributed by atoms with E-state index < -0.39 is 0 Å². The molecule has 1 aliphatic heterocycles. The minimum absolute atomic E-state index is 0.103. The van der Waals surface area contributed by atoms with Crippen molar-refractivity contribution in [2.45, 2.75) is 43.9 Å². The first-order chi connectivity index (χ1) is 9.34. The zero-order valence-electron chi connectivity index (χ0n) is 11.2. The van der Waals surface area contributed by atoms with Gasteiger partial charge in [-0.05, 0) is 24.5 Å². The average molecular weight is 279 g/mol. The van der Waals surface area contributed by atoms with Crippen LogP contribution in [0.1, 0.15) is 49.7 Å². The lowest BCUT2D eigenvalue weighted by Gasteiger charge is -2.22. The summed E-state index contributed by atoms with van der Waals surface area (Å²) in [5.41, 5.74) is 0. The van der Waals surface area contributed by atoms with Crippen molar-refractivity contribution in [3.63, 3.8) is 0 Å². The first-order valence-corrected chi connectivity index (χ1v) is 8.34. The van der Waals surface area contributed by atoms with Gasteiger partial charge in [0, 0.05) is 18.7 Å². The predicted molar refractivity (Wildman–Crippen MR) is 76.8 cm³/mol. The summed E-state index contributed by atoms with van der Waals surface area (Å²) in [6.45, 7) is 0.861. The molecule has 3 nitrogen and oxygen atoms in total. The zero-order chi connectivity index (χ0) is 13.1. The molecule has 0 N–H and O–H groups in total. The van der Waals surface area contributed by atoms with Crippen LogP contribution in [0.15, 0.2) is 22.8 Å². The molecule has 0 bridgehead atoms. The van der Waals surface area contributed by atoms with Crippen molar-refractivity contribution < 1.29 is 9.21 Å². The Hall–Kier alpha value is -0.900. The number of rotatable bonds is 4. The molecule has 1 saturated heterocycles. The van der Waals surface area contributed by atoms with Crippen LogP contribution in [0.5, 0.6) is 0 Å². The van der Waals surface area contributed by atoms with Gasteiger partial charge in [0.2, 0.25) is 5.91 Å². The minimum atomic E-state index is 0.103. The number of furan rings is 1. The second-order valence-electron chi connectivity index (χ2n) is 5.51. The van der Waals surface area contributed by atoms with Crippen molar-refractivity contribution in [3.8, 4) is 0 Å². The van der Waals surface area contributed by atoms with Gasteiger partial charge in [-0.25, -0.2) is 0 Å². The van der Waals surface area contributed by atoms with Gasteiger partial charge in [-0.3, -0.25) is 4.79 Å². The summed E-state index contributed by atoms with van der Waals surface area (Å²) in [4.78, 5) is 14.4. The van der Waals surface area contributed by atoms with Crippen LogP contribution in [0.3, 0.4) is 0 Å². The molecule has 0 unspecified atom stereocenters. The summed E-state index contributed by atoms with van der Waals surface area (Å²) < 4.78 is 5.46. The van der Waals surface area contributed by atoms with E-state index in [-0.39, 0.29) is 5.37 Å². The highest BCUT2D eigenvalue weighted by atomic mass is 32.2. The van der Waals surface area contributed by atoms with E-state index in [2.05, 4.69) is 0 Å². The third kappa shape index (κ3) is 2.99. The van der Waals surface area contributed by atoms with Crippen molar-refractivity contribution in [2.24, 2.45) is 5.92 Å². The number of carbonyl (C=O) groups is 1. The van der Waals surface area contributed by atoms with Gasteiger partial charge in [0.05, 0.1) is 6.26 Å². The molecule has 1 aromatic rings. The predicted octanol–water partition coefficient (Wildman–Crippen LogP) is 3.82. The number of hydrogen-bond acceptors (Lipinski definition) is 3. The third-order valence-corrected chi connectivity index (χ3v) is 5.46. The van der Waals surface area contributed by atoms with Crippen molar-refractivity contribution in [2.75, 3.05) is 12.3 Å². The molecule has 0 aromatic carbocycles. The molecule has 1 aliphatic carbocycles. The van der Waals surface area contributed by atoms with E-state index in [0.717, 1.165) is 30.4 Å². The molecule has 0 radical (unpaired) electrons. The summed E-state index contributed by atoms with van der Waals surface area (Å²) in [6.07, 6.45) is 8.83. The quantitative estimate of drug-likeness (QED) is 0.840. The molecular formula is C15H21NO2S. The van der Waals surface area contributed by atoms with E-state index in [1.165, 1.54) is 25.7 Å². The van der Waals surface area contributed by atoms with Gasteiger partial charge < -0.3 is 9.32 Å². The van der Waals surface area contributed by atoms with Crippen molar-refractivity contribution in [1.82, 2.24) is 4.90 Å². The summed E-state index contributed by atoms with van der Waals surface area (Å²) in [5.74, 6) is 3.02. The summed E-state index contributed by atoms with van der Waals surface area (Å²) >= 11 is 1.81. The fourth-order valence-electron chi connectivity index (χ4n) is 3.16. The Morgan fingerprint density at radius 2 is 2.26 bits per heavy atom. The van der Waals surface area contributed by atoms with E-state index in [1.54, 1.807) is 18.0 Å². The lowest BCUT2D eigenvalue weighted by molar-refractivity contribution is -0.131. The van der Waals surface area contributed by atoms with Crippen LogP contribution < -0.4 is 0 Å². The fourth-order valence-corrected chi connectivity index (χ4v) is 4.39. The Labute approximate surface area is 118 Å². The van der Waals surface area contributed by atoms with Gasteiger partial charge in [0.25, 0.3) is 0 Å². The first kappa shape index (κ1) is 13.1.